The molecule has 1 atom stereocenters. The van der Waals surface area contributed by atoms with Crippen LogP contribution < -0.4 is 14.8 Å². The fourth-order valence-corrected chi connectivity index (χ4v) is 6.94. The summed E-state index contributed by atoms with van der Waals surface area (Å²) in [6.45, 7) is 0. The number of benzene rings is 2. The Hall–Kier alpha value is -2.38. The zero-order chi connectivity index (χ0) is 24.2. The summed E-state index contributed by atoms with van der Waals surface area (Å²) in [5.41, 5.74) is 0.542. The maximum atomic E-state index is 13.5. The zero-order valence-electron chi connectivity index (χ0n) is 17.6. The van der Waals surface area contributed by atoms with Gasteiger partial charge in [-0.15, -0.1) is 0 Å². The summed E-state index contributed by atoms with van der Waals surface area (Å²) in [6, 6.07) is 8.91. The summed E-state index contributed by atoms with van der Waals surface area (Å²) >= 11 is 12.5. The average Bonchev–Trinajstić information content (AvgIpc) is 3.09. The Kier molecular flexibility index (Phi) is 7.85. The molecule has 0 aromatic heterocycles. The lowest BCUT2D eigenvalue weighted by Gasteiger charge is -2.24. The van der Waals surface area contributed by atoms with E-state index in [4.69, 9.17) is 32.7 Å². The number of sulfone groups is 1. The van der Waals surface area contributed by atoms with Gasteiger partial charge in [-0.2, -0.15) is 0 Å². The molecule has 33 heavy (non-hydrogen) atoms. The van der Waals surface area contributed by atoms with Gasteiger partial charge in [-0.3, -0.25) is 14.9 Å². The molecule has 0 aliphatic carbocycles. The number of carbonyl (C=O) groups excluding carboxylic acids is 2. The Morgan fingerprint density at radius 1 is 1.06 bits per heavy atom. The Labute approximate surface area is 206 Å². The molecule has 11 heteroatoms. The SMILES string of the molecule is COc1ccc(S(=O)(=O)C2(CCCC#Cc3cc(Cl)ccc3Cl)SC(=O)NC2=O)cc1OC. The van der Waals surface area contributed by atoms with E-state index in [2.05, 4.69) is 17.2 Å². The number of hydrogen-bond acceptors (Lipinski definition) is 7. The van der Waals surface area contributed by atoms with Crippen molar-refractivity contribution in [1.29, 1.82) is 0 Å². The van der Waals surface area contributed by atoms with Gasteiger partial charge in [0.1, 0.15) is 0 Å². The number of ether oxygens (including phenoxy) is 2. The normalized spacial score (nSPS) is 17.8. The van der Waals surface area contributed by atoms with Crippen LogP contribution in [0, 0.1) is 11.8 Å². The summed E-state index contributed by atoms with van der Waals surface area (Å²) < 4.78 is 35.4. The van der Waals surface area contributed by atoms with Gasteiger partial charge in [-0.25, -0.2) is 8.42 Å². The first-order valence-corrected chi connectivity index (χ1v) is 12.6. The number of thioether (sulfide) groups is 1. The van der Waals surface area contributed by atoms with E-state index in [1.165, 1.54) is 32.4 Å². The molecule has 0 spiro atoms. The topological polar surface area (TPSA) is 98.8 Å². The molecule has 2 aromatic carbocycles. The maximum absolute atomic E-state index is 13.5. The summed E-state index contributed by atoms with van der Waals surface area (Å²) in [5.74, 6) is 5.44. The second kappa shape index (κ2) is 10.3. The van der Waals surface area contributed by atoms with E-state index < -0.39 is 25.1 Å². The number of methoxy groups -OCH3 is 2. The first kappa shape index (κ1) is 25.2. The molecule has 1 unspecified atom stereocenters. The van der Waals surface area contributed by atoms with Crippen molar-refractivity contribution in [2.24, 2.45) is 0 Å². The molecular formula is C22H19Cl2NO6S2. The molecule has 1 fully saturated rings. The highest BCUT2D eigenvalue weighted by Gasteiger charge is 2.58. The zero-order valence-corrected chi connectivity index (χ0v) is 20.8. The van der Waals surface area contributed by atoms with E-state index in [0.29, 0.717) is 33.1 Å². The van der Waals surface area contributed by atoms with Gasteiger partial charge in [0, 0.05) is 23.1 Å². The van der Waals surface area contributed by atoms with Crippen LogP contribution in [0.4, 0.5) is 4.79 Å². The van der Waals surface area contributed by atoms with Crippen LogP contribution >= 0.6 is 35.0 Å². The third-order valence-electron chi connectivity index (χ3n) is 4.88. The van der Waals surface area contributed by atoms with E-state index in [0.717, 1.165) is 0 Å². The minimum atomic E-state index is -4.28. The molecule has 1 aliphatic heterocycles. The van der Waals surface area contributed by atoms with E-state index >= 15 is 0 Å². The standard InChI is InChI=1S/C22H19Cl2NO6S2/c1-30-18-10-8-16(13-19(18)31-2)33(28,29)22(20(26)25-21(27)32-22)11-5-3-4-6-14-12-15(23)7-9-17(14)24/h7-10,12-13H,3,5,11H2,1-2H3,(H,25,26,27). The number of halogens is 2. The van der Waals surface area contributed by atoms with Crippen molar-refractivity contribution in [3.63, 3.8) is 0 Å². The molecule has 1 aliphatic rings. The first-order chi connectivity index (χ1) is 15.6. The lowest BCUT2D eigenvalue weighted by molar-refractivity contribution is -0.120. The van der Waals surface area contributed by atoms with Crippen LogP contribution in [0.1, 0.15) is 24.8 Å². The predicted molar refractivity (Wildman–Crippen MR) is 128 cm³/mol. The van der Waals surface area contributed by atoms with Crippen LogP contribution in [0.25, 0.3) is 0 Å². The van der Waals surface area contributed by atoms with Crippen LogP contribution in [0.3, 0.4) is 0 Å². The minimum Gasteiger partial charge on any atom is -0.493 e. The lowest BCUT2D eigenvalue weighted by atomic mass is 10.1. The molecule has 1 heterocycles. The van der Waals surface area contributed by atoms with Crippen molar-refractivity contribution in [2.75, 3.05) is 14.2 Å². The molecule has 2 amide bonds. The molecule has 7 nitrogen and oxygen atoms in total. The van der Waals surface area contributed by atoms with Crippen molar-refractivity contribution >= 4 is 55.9 Å². The number of nitrogens with one attached hydrogen (secondary N) is 1. The van der Waals surface area contributed by atoms with Crippen LogP contribution in [0.15, 0.2) is 41.3 Å². The molecule has 1 N–H and O–H groups in total. The van der Waals surface area contributed by atoms with Crippen LogP contribution in [-0.2, 0) is 14.6 Å². The molecule has 2 aromatic rings. The van der Waals surface area contributed by atoms with Crippen molar-refractivity contribution in [3.8, 4) is 23.3 Å². The molecule has 0 saturated carbocycles. The first-order valence-electron chi connectivity index (χ1n) is 9.59. The third kappa shape index (κ3) is 5.09. The number of unbranched alkanes of at least 4 members (excludes halogenated alkanes) is 1. The summed E-state index contributed by atoms with van der Waals surface area (Å²) in [6.07, 6.45) is 0.392. The highest BCUT2D eigenvalue weighted by atomic mass is 35.5. The van der Waals surface area contributed by atoms with Gasteiger partial charge in [0.2, 0.25) is 13.9 Å². The number of carbonyl (C=O) groups is 2. The van der Waals surface area contributed by atoms with Gasteiger partial charge in [0.05, 0.1) is 24.1 Å². The van der Waals surface area contributed by atoms with Gasteiger partial charge in [-0.05, 0) is 54.9 Å². The summed E-state index contributed by atoms with van der Waals surface area (Å²) in [4.78, 5) is 24.5. The van der Waals surface area contributed by atoms with Crippen LogP contribution in [-0.4, -0.2) is 37.9 Å². The van der Waals surface area contributed by atoms with Gasteiger partial charge in [-0.1, -0.05) is 35.0 Å². The number of rotatable bonds is 7. The Bertz CT molecular complexity index is 1270. The van der Waals surface area contributed by atoms with Gasteiger partial charge in [0.25, 0.3) is 11.1 Å². The van der Waals surface area contributed by atoms with E-state index in [-0.39, 0.29) is 29.9 Å². The van der Waals surface area contributed by atoms with Crippen molar-refractivity contribution in [3.05, 3.63) is 52.0 Å². The molecular weight excluding hydrogens is 509 g/mol. The van der Waals surface area contributed by atoms with Crippen LogP contribution in [0.2, 0.25) is 10.0 Å². The highest BCUT2D eigenvalue weighted by molar-refractivity contribution is 8.25. The fraction of sp³-hybridized carbons (Fsp3) is 0.273. The van der Waals surface area contributed by atoms with Crippen LogP contribution in [0.5, 0.6) is 11.5 Å². The molecule has 0 bridgehead atoms. The van der Waals surface area contributed by atoms with Crippen molar-refractivity contribution in [1.82, 2.24) is 5.32 Å². The average molecular weight is 528 g/mol. The highest BCUT2D eigenvalue weighted by Crippen LogP contribution is 2.45. The second-order valence-corrected chi connectivity index (χ2v) is 11.4. The molecule has 174 valence electrons. The largest absolute Gasteiger partial charge is 0.493 e. The maximum Gasteiger partial charge on any atom is 0.287 e. The Morgan fingerprint density at radius 2 is 1.79 bits per heavy atom. The Morgan fingerprint density at radius 3 is 2.42 bits per heavy atom. The van der Waals surface area contributed by atoms with Crippen molar-refractivity contribution < 1.29 is 27.5 Å². The van der Waals surface area contributed by atoms with Crippen molar-refractivity contribution in [2.45, 2.75) is 28.2 Å². The smallest absolute Gasteiger partial charge is 0.287 e. The fourth-order valence-electron chi connectivity index (χ4n) is 3.22. The van der Waals surface area contributed by atoms with Gasteiger partial charge in [0.15, 0.2) is 11.5 Å². The minimum absolute atomic E-state index is 0.121. The quantitative estimate of drug-likeness (QED) is 0.412. The van der Waals surface area contributed by atoms with Gasteiger partial charge >= 0.3 is 0 Å². The number of hydrogen-bond donors (Lipinski definition) is 1. The second-order valence-electron chi connectivity index (χ2n) is 6.90. The Balaban J connectivity index is 1.87. The molecule has 0 radical (unpaired) electrons. The number of amides is 2. The van der Waals surface area contributed by atoms with E-state index in [1.54, 1.807) is 18.2 Å². The van der Waals surface area contributed by atoms with E-state index in [1.807, 2.05) is 0 Å². The predicted octanol–water partition coefficient (Wildman–Crippen LogP) is 4.69. The van der Waals surface area contributed by atoms with Gasteiger partial charge < -0.3 is 9.47 Å². The monoisotopic (exact) mass is 527 g/mol. The third-order valence-corrected chi connectivity index (χ3v) is 9.49. The lowest BCUT2D eigenvalue weighted by Crippen LogP contribution is -2.43. The summed E-state index contributed by atoms with van der Waals surface area (Å²) in [7, 11) is -1.49. The summed E-state index contributed by atoms with van der Waals surface area (Å²) in [5, 5.41) is 2.30. The van der Waals surface area contributed by atoms with E-state index in [9.17, 15) is 18.0 Å². The molecule has 1 saturated heterocycles. The molecule has 3 rings (SSSR count). The number of imide groups is 1.